The Morgan fingerprint density at radius 2 is 1.40 bits per heavy atom. The minimum atomic E-state index is -0.250. The molecule has 0 unspecified atom stereocenters. The van der Waals surface area contributed by atoms with Gasteiger partial charge in [-0.15, -0.1) is 0 Å². The summed E-state index contributed by atoms with van der Waals surface area (Å²) in [6.07, 6.45) is 0. The molecule has 0 saturated heterocycles. The molecule has 5 heavy (non-hydrogen) atoms. The molecule has 0 atom stereocenters. The Bertz CT molecular complexity index is 15.1. The van der Waals surface area contributed by atoms with Crippen molar-refractivity contribution in [1.29, 1.82) is 0 Å². The van der Waals surface area contributed by atoms with Gasteiger partial charge in [-0.05, 0) is 0 Å². The maximum atomic E-state index is 8.36. The quantitative estimate of drug-likeness (QED) is 0.547. The third-order valence-electron chi connectivity index (χ3n) is 0. The van der Waals surface area contributed by atoms with Crippen molar-refractivity contribution in [3.63, 3.8) is 0 Å². The molecule has 0 aromatic carbocycles. The Labute approximate surface area is 148 Å². The number of carbonyl (C=O) groups is 1. The van der Waals surface area contributed by atoms with E-state index in [4.69, 9.17) is 9.90 Å². The first kappa shape index (κ1) is 15.8. The van der Waals surface area contributed by atoms with E-state index in [1.807, 2.05) is 0 Å². The molecule has 1 N–H and O–H groups in total. The molecule has 0 heterocycles. The first-order valence-corrected chi connectivity index (χ1v) is 0.494. The van der Waals surface area contributed by atoms with Gasteiger partial charge in [0.2, 0.25) is 0 Å². The van der Waals surface area contributed by atoms with Crippen molar-refractivity contribution < 1.29 is 9.90 Å². The van der Waals surface area contributed by atoms with Crippen molar-refractivity contribution in [1.82, 2.24) is 0 Å². The van der Waals surface area contributed by atoms with Crippen molar-refractivity contribution in [2.75, 3.05) is 0 Å². The molecule has 0 spiro atoms. The molecule has 4 heteroatoms. The normalized spacial score (nSPS) is 2.40. The topological polar surface area (TPSA) is 37.3 Å². The Kier molecular flexibility index (Phi) is 49.5. The summed E-state index contributed by atoms with van der Waals surface area (Å²) in [6.45, 7) is -0.250. The molecule has 2 nitrogen and oxygen atoms in total. The van der Waals surface area contributed by atoms with E-state index in [-0.39, 0.29) is 144 Å². The third kappa shape index (κ3) is 18.4. The molecule has 0 aliphatic rings. The van der Waals surface area contributed by atoms with Crippen LogP contribution in [-0.4, -0.2) is 149 Å². The molecule has 0 rings (SSSR count). The first-order valence-electron chi connectivity index (χ1n) is 0.494. The number of hydrogen-bond donors (Lipinski definition) is 1. The van der Waals surface area contributed by atoms with E-state index in [0.717, 1.165) is 0 Å². The Morgan fingerprint density at radius 1 is 1.40 bits per heavy atom. The van der Waals surface area contributed by atoms with Crippen LogP contribution in [0.3, 0.4) is 0 Å². The fourth-order valence-corrected chi connectivity index (χ4v) is 0. The third-order valence-corrected chi connectivity index (χ3v) is 0. The average Bonchev–Trinajstić information content (AvgIpc) is 0.918. The van der Waals surface area contributed by atoms with Gasteiger partial charge in [0.1, 0.15) is 0 Å². The van der Waals surface area contributed by atoms with Crippen LogP contribution in [0.25, 0.3) is 0 Å². The molecule has 0 bridgehead atoms. The average molecular weight is 314 g/mol. The van der Waals surface area contributed by atoms with Crippen LogP contribution in [0.1, 0.15) is 0 Å². The molecule has 0 aromatic heterocycles. The second kappa shape index (κ2) is 15.6. The molecule has 0 aliphatic heterocycles. The van der Waals surface area contributed by atoms with Crippen LogP contribution in [0.2, 0.25) is 0 Å². The van der Waals surface area contributed by atoms with E-state index in [9.17, 15) is 0 Å². The van der Waals surface area contributed by atoms with Gasteiger partial charge in [-0.25, -0.2) is 0 Å². The van der Waals surface area contributed by atoms with Crippen LogP contribution in [0.4, 0.5) is 0 Å². The van der Waals surface area contributed by atoms with Crippen molar-refractivity contribution in [3.05, 3.63) is 0 Å². The maximum absolute atomic E-state index is 8.36. The van der Waals surface area contributed by atoms with Crippen molar-refractivity contribution in [2.45, 2.75) is 0 Å². The van der Waals surface area contributed by atoms with Gasteiger partial charge < -0.3 is 5.11 Å². The fraction of sp³-hybridized carbons (Fsp3) is 0. The Morgan fingerprint density at radius 3 is 1.40 bits per heavy atom. The van der Waals surface area contributed by atoms with E-state index >= 15 is 0 Å². The van der Waals surface area contributed by atoms with Crippen molar-refractivity contribution >= 4 is 144 Å². The van der Waals surface area contributed by atoms with Crippen LogP contribution in [0.15, 0.2) is 0 Å². The van der Waals surface area contributed by atoms with E-state index in [1.54, 1.807) is 0 Å². The molecular formula is CH4Cs2O2. The summed E-state index contributed by atoms with van der Waals surface area (Å²) < 4.78 is 0. The van der Waals surface area contributed by atoms with Crippen molar-refractivity contribution in [2.24, 2.45) is 0 Å². The minimum absolute atomic E-state index is 0. The monoisotopic (exact) mass is 314 g/mol. The summed E-state index contributed by atoms with van der Waals surface area (Å²) in [7, 11) is 0. The van der Waals surface area contributed by atoms with Gasteiger partial charge >= 0.3 is 138 Å². The SMILES string of the molecule is O=CO.[CsH].[CsH]. The summed E-state index contributed by atoms with van der Waals surface area (Å²) in [6, 6.07) is 0. The summed E-state index contributed by atoms with van der Waals surface area (Å²) >= 11 is 0. The van der Waals surface area contributed by atoms with Gasteiger partial charge in [-0.3, -0.25) is 4.79 Å². The van der Waals surface area contributed by atoms with Crippen LogP contribution in [0.5, 0.6) is 0 Å². The van der Waals surface area contributed by atoms with Crippen LogP contribution >= 0.6 is 0 Å². The van der Waals surface area contributed by atoms with Gasteiger partial charge in [0, 0.05) is 0 Å². The van der Waals surface area contributed by atoms with Gasteiger partial charge in [-0.1, -0.05) is 0 Å². The predicted octanol–water partition coefficient (Wildman–Crippen LogP) is -1.60. The summed E-state index contributed by atoms with van der Waals surface area (Å²) in [5.41, 5.74) is 0. The predicted molar refractivity (Wildman–Crippen MR) is 23.0 cm³/mol. The zero-order valence-corrected chi connectivity index (χ0v) is 1.43. The summed E-state index contributed by atoms with van der Waals surface area (Å²) in [4.78, 5) is 8.36. The molecule has 0 radical (unpaired) electrons. The Hall–Kier alpha value is 3.57. The van der Waals surface area contributed by atoms with Gasteiger partial charge in [0.25, 0.3) is 6.47 Å². The number of hydrogen-bond acceptors (Lipinski definition) is 1. The second-order valence-electron chi connectivity index (χ2n) is 0.105. The number of rotatable bonds is 0. The standard InChI is InChI=1S/CH2O2.2Cs.2H/c2-1-3;;;;/h1H,(H,2,3);;;;. The molecule has 22 valence electrons. The van der Waals surface area contributed by atoms with Crippen LogP contribution in [0, 0.1) is 0 Å². The van der Waals surface area contributed by atoms with E-state index in [2.05, 4.69) is 0 Å². The molecule has 0 aromatic rings. The fourth-order valence-electron chi connectivity index (χ4n) is 0. The van der Waals surface area contributed by atoms with E-state index < -0.39 is 0 Å². The van der Waals surface area contributed by atoms with Gasteiger partial charge in [0.05, 0.1) is 0 Å². The summed E-state index contributed by atoms with van der Waals surface area (Å²) in [5, 5.41) is 6.89. The Balaban J connectivity index is -0.0000000200. The molecular weight excluding hydrogens is 310 g/mol. The van der Waals surface area contributed by atoms with Crippen LogP contribution in [-0.2, 0) is 4.79 Å². The summed E-state index contributed by atoms with van der Waals surface area (Å²) in [5.74, 6) is 0. The zero-order chi connectivity index (χ0) is 2.71. The molecule has 0 aliphatic carbocycles. The molecule has 0 fully saturated rings. The van der Waals surface area contributed by atoms with Gasteiger partial charge in [-0.2, -0.15) is 0 Å². The second-order valence-corrected chi connectivity index (χ2v) is 0.105. The molecule has 0 amide bonds. The van der Waals surface area contributed by atoms with E-state index in [1.165, 1.54) is 0 Å². The molecule has 0 saturated carbocycles. The zero-order valence-electron chi connectivity index (χ0n) is 1.43. The van der Waals surface area contributed by atoms with Crippen molar-refractivity contribution in [3.8, 4) is 0 Å². The number of carboxylic acid groups (broad SMARTS) is 1. The van der Waals surface area contributed by atoms with E-state index in [0.29, 0.717) is 0 Å². The van der Waals surface area contributed by atoms with Crippen LogP contribution < -0.4 is 0 Å². The van der Waals surface area contributed by atoms with Gasteiger partial charge in [0.15, 0.2) is 0 Å². The first-order chi connectivity index (χ1) is 1.41.